The molecule has 3 rings (SSSR count). The lowest BCUT2D eigenvalue weighted by Gasteiger charge is -2.24. The van der Waals surface area contributed by atoms with Crippen LogP contribution in [-0.4, -0.2) is 72.7 Å². The van der Waals surface area contributed by atoms with Gasteiger partial charge in [0.1, 0.15) is 5.71 Å². The Balaban J connectivity index is 1.84. The number of rotatable bonds is 9. The number of allylic oxidation sites excluding steroid dienone is 1. The van der Waals surface area contributed by atoms with Crippen LogP contribution >= 0.6 is 11.8 Å². The summed E-state index contributed by atoms with van der Waals surface area (Å²) in [5, 5.41) is 4.04. The van der Waals surface area contributed by atoms with Crippen molar-refractivity contribution in [1.82, 2.24) is 4.90 Å². The third-order valence-electron chi connectivity index (χ3n) is 4.97. The number of imide groups is 1. The fourth-order valence-corrected chi connectivity index (χ4v) is 4.40. The topological polar surface area (TPSA) is 97.2 Å². The van der Waals surface area contributed by atoms with Crippen LogP contribution in [0.3, 0.4) is 0 Å². The van der Waals surface area contributed by atoms with Crippen LogP contribution in [0.15, 0.2) is 23.6 Å². The number of carbonyl (C=O) groups is 3. The van der Waals surface area contributed by atoms with Crippen molar-refractivity contribution < 1.29 is 33.2 Å². The number of methoxy groups -OCH3 is 3. The summed E-state index contributed by atoms with van der Waals surface area (Å²) < 4.78 is 17.3. The monoisotopic (exact) mass is 448 g/mol. The molecule has 4 amide bonds. The standard InChI is InChI=1S/C21H25N3O6S/c1-5-6-8-23-20(26)19-14(7-9-31-19)24(21(23)27)12-17(25)22-13-10-15(28-2)18(30-4)16(11-13)29-3/h7,9-11,19H,5-6,8,12H2,1-4H3/p+1. The van der Waals surface area contributed by atoms with Crippen LogP contribution in [0.5, 0.6) is 17.2 Å². The molecule has 166 valence electrons. The van der Waals surface area contributed by atoms with Gasteiger partial charge >= 0.3 is 11.9 Å². The lowest BCUT2D eigenvalue weighted by Crippen LogP contribution is -2.56. The molecule has 9 nitrogen and oxygen atoms in total. The van der Waals surface area contributed by atoms with Crippen molar-refractivity contribution in [1.29, 1.82) is 0 Å². The van der Waals surface area contributed by atoms with E-state index in [0.717, 1.165) is 6.42 Å². The van der Waals surface area contributed by atoms with Gasteiger partial charge in [-0.2, -0.15) is 14.3 Å². The second kappa shape index (κ2) is 9.86. The number of hydrogen-bond acceptors (Lipinski definition) is 7. The molecular formula is C21H26N3O6S+. The molecule has 31 heavy (non-hydrogen) atoms. The minimum Gasteiger partial charge on any atom is -0.493 e. The van der Waals surface area contributed by atoms with E-state index in [0.29, 0.717) is 41.6 Å². The highest BCUT2D eigenvalue weighted by Gasteiger charge is 2.49. The number of urea groups is 1. The van der Waals surface area contributed by atoms with E-state index in [4.69, 9.17) is 14.2 Å². The molecule has 2 aliphatic rings. The van der Waals surface area contributed by atoms with Gasteiger partial charge in [0.2, 0.25) is 5.75 Å². The summed E-state index contributed by atoms with van der Waals surface area (Å²) in [6.45, 7) is 2.11. The molecular weight excluding hydrogens is 422 g/mol. The first kappa shape index (κ1) is 22.7. The normalized spacial score (nSPS) is 17.7. The van der Waals surface area contributed by atoms with E-state index in [9.17, 15) is 14.4 Å². The minimum absolute atomic E-state index is 0.220. The van der Waals surface area contributed by atoms with Gasteiger partial charge in [-0.3, -0.25) is 4.79 Å². The maximum absolute atomic E-state index is 13.0. The number of amides is 4. The second-order valence-electron chi connectivity index (χ2n) is 6.92. The first-order valence-electron chi connectivity index (χ1n) is 9.86. The number of unbranched alkanes of at least 4 members (excludes halogenated alkanes) is 1. The maximum atomic E-state index is 13.0. The van der Waals surface area contributed by atoms with E-state index >= 15 is 0 Å². The van der Waals surface area contributed by atoms with Crippen molar-refractivity contribution in [3.05, 3.63) is 23.6 Å². The van der Waals surface area contributed by atoms with Crippen molar-refractivity contribution >= 4 is 41.0 Å². The molecule has 0 saturated heterocycles. The average molecular weight is 449 g/mol. The number of thioether (sulfide) groups is 1. The van der Waals surface area contributed by atoms with Crippen LogP contribution in [-0.2, 0) is 9.59 Å². The molecule has 1 atom stereocenters. The molecule has 0 aromatic heterocycles. The fourth-order valence-electron chi connectivity index (χ4n) is 3.43. The molecule has 0 fully saturated rings. The van der Waals surface area contributed by atoms with Crippen LogP contribution in [0.4, 0.5) is 10.5 Å². The molecule has 1 aromatic carbocycles. The highest BCUT2D eigenvalue weighted by atomic mass is 32.2. The summed E-state index contributed by atoms with van der Waals surface area (Å²) in [6, 6.07) is 2.74. The summed E-state index contributed by atoms with van der Waals surface area (Å²) in [4.78, 5) is 39.7. The van der Waals surface area contributed by atoms with Gasteiger partial charge in [-0.25, -0.2) is 4.79 Å². The summed E-state index contributed by atoms with van der Waals surface area (Å²) in [6.07, 6.45) is 3.28. The zero-order chi connectivity index (χ0) is 22.5. The molecule has 1 aromatic rings. The van der Waals surface area contributed by atoms with Crippen molar-refractivity contribution in [2.24, 2.45) is 0 Å². The quantitative estimate of drug-likeness (QED) is 0.580. The van der Waals surface area contributed by atoms with Gasteiger partial charge in [-0.1, -0.05) is 13.3 Å². The number of benzene rings is 1. The SMILES string of the molecule is CCCCN1C(=O)C2SC=CC2=[N+](CC(=O)Nc2cc(OC)c(OC)c(OC)c2)C1=O. The lowest BCUT2D eigenvalue weighted by atomic mass is 10.1. The van der Waals surface area contributed by atoms with Gasteiger partial charge in [0.25, 0.3) is 5.91 Å². The van der Waals surface area contributed by atoms with Crippen molar-refractivity contribution in [3.63, 3.8) is 0 Å². The first-order chi connectivity index (χ1) is 14.9. The number of nitrogens with one attached hydrogen (secondary N) is 1. The van der Waals surface area contributed by atoms with Crippen LogP contribution < -0.4 is 19.5 Å². The Morgan fingerprint density at radius 2 is 1.84 bits per heavy atom. The number of hydrogen-bond donors (Lipinski definition) is 1. The van der Waals surface area contributed by atoms with Crippen LogP contribution in [0, 0.1) is 0 Å². The summed E-state index contributed by atoms with van der Waals surface area (Å²) in [7, 11) is 4.46. The number of fused-ring (bicyclic) bond motifs is 1. The summed E-state index contributed by atoms with van der Waals surface area (Å²) in [5.74, 6) is 0.554. The highest BCUT2D eigenvalue weighted by molar-refractivity contribution is 8.04. The van der Waals surface area contributed by atoms with Gasteiger partial charge in [0.15, 0.2) is 23.3 Å². The minimum atomic E-state index is -0.497. The molecule has 0 aliphatic carbocycles. The zero-order valence-corrected chi connectivity index (χ0v) is 18.8. The molecule has 2 heterocycles. The summed E-state index contributed by atoms with van der Waals surface area (Å²) in [5.41, 5.74) is 0.966. The second-order valence-corrected chi connectivity index (χ2v) is 7.93. The van der Waals surface area contributed by atoms with E-state index in [-0.39, 0.29) is 12.5 Å². The summed E-state index contributed by atoms with van der Waals surface area (Å²) >= 11 is 1.34. The Hall–Kier alpha value is -3.01. The third-order valence-corrected chi connectivity index (χ3v) is 5.98. The van der Waals surface area contributed by atoms with Gasteiger partial charge in [0.05, 0.1) is 27.9 Å². The Bertz CT molecular complexity index is 933. The van der Waals surface area contributed by atoms with E-state index in [1.54, 1.807) is 23.6 Å². The highest BCUT2D eigenvalue weighted by Crippen LogP contribution is 2.40. The zero-order valence-electron chi connectivity index (χ0n) is 18.0. The van der Waals surface area contributed by atoms with Crippen LogP contribution in [0.2, 0.25) is 0 Å². The third kappa shape index (κ3) is 4.53. The Morgan fingerprint density at radius 1 is 1.16 bits per heavy atom. The molecule has 0 bridgehead atoms. The molecule has 2 aliphatic heterocycles. The van der Waals surface area contributed by atoms with Crippen molar-refractivity contribution in [3.8, 4) is 17.2 Å². The molecule has 0 spiro atoms. The Labute approximate surface area is 185 Å². The molecule has 1 unspecified atom stereocenters. The number of nitrogens with zero attached hydrogens (tertiary/aromatic N) is 2. The van der Waals surface area contributed by atoms with E-state index in [2.05, 4.69) is 5.32 Å². The van der Waals surface area contributed by atoms with E-state index in [1.807, 2.05) is 6.92 Å². The van der Waals surface area contributed by atoms with Gasteiger partial charge < -0.3 is 19.5 Å². The van der Waals surface area contributed by atoms with E-state index in [1.165, 1.54) is 42.6 Å². The fraction of sp³-hybridized carbons (Fsp3) is 0.429. The van der Waals surface area contributed by atoms with Crippen molar-refractivity contribution in [2.75, 3.05) is 39.7 Å². The van der Waals surface area contributed by atoms with E-state index < -0.39 is 17.2 Å². The average Bonchev–Trinajstić information content (AvgIpc) is 3.26. The Kier molecular flexibility index (Phi) is 7.21. The number of anilines is 1. The van der Waals surface area contributed by atoms with Gasteiger partial charge in [-0.15, -0.1) is 11.8 Å². The number of ether oxygens (including phenoxy) is 3. The molecule has 1 N–H and O–H groups in total. The first-order valence-corrected chi connectivity index (χ1v) is 10.8. The molecule has 10 heteroatoms. The number of carbonyl (C=O) groups excluding carboxylic acids is 3. The largest absolute Gasteiger partial charge is 0.501 e. The smallest absolute Gasteiger partial charge is 0.493 e. The lowest BCUT2D eigenvalue weighted by molar-refractivity contribution is -0.425. The predicted octanol–water partition coefficient (Wildman–Crippen LogP) is 2.50. The van der Waals surface area contributed by atoms with Gasteiger partial charge in [-0.05, 0) is 17.9 Å². The maximum Gasteiger partial charge on any atom is 0.501 e. The molecule has 0 radical (unpaired) electrons. The van der Waals surface area contributed by atoms with Gasteiger partial charge in [0, 0.05) is 17.8 Å². The van der Waals surface area contributed by atoms with Crippen molar-refractivity contribution in [2.45, 2.75) is 25.0 Å². The molecule has 0 saturated carbocycles. The predicted molar refractivity (Wildman–Crippen MR) is 117 cm³/mol. The Morgan fingerprint density at radius 3 is 2.42 bits per heavy atom. The van der Waals surface area contributed by atoms with Crippen LogP contribution in [0.1, 0.15) is 19.8 Å². The van der Waals surface area contributed by atoms with Crippen LogP contribution in [0.25, 0.3) is 0 Å².